The summed E-state index contributed by atoms with van der Waals surface area (Å²) in [6.45, 7) is 0. The standard InChI is InChI=1S/C14H15FN2O/c1-18-13-8-7-11(9-12(13)15)14(17-16)10-5-3-2-4-6-10/h2-9,14,17H,16H2,1H3. The Hall–Kier alpha value is -1.91. The van der Waals surface area contributed by atoms with Gasteiger partial charge in [-0.3, -0.25) is 5.84 Å². The molecule has 1 atom stereocenters. The van der Waals surface area contributed by atoms with Gasteiger partial charge in [0.25, 0.3) is 0 Å². The number of nitrogens with two attached hydrogens (primary N) is 1. The van der Waals surface area contributed by atoms with Crippen LogP contribution in [-0.2, 0) is 0 Å². The molecule has 4 heteroatoms. The second-order valence-electron chi connectivity index (χ2n) is 3.90. The zero-order valence-electron chi connectivity index (χ0n) is 10.1. The average Bonchev–Trinajstić information content (AvgIpc) is 2.41. The van der Waals surface area contributed by atoms with Crippen molar-refractivity contribution in [3.63, 3.8) is 0 Å². The molecule has 3 N–H and O–H groups in total. The minimum Gasteiger partial charge on any atom is -0.494 e. The van der Waals surface area contributed by atoms with Gasteiger partial charge in [-0.05, 0) is 23.3 Å². The molecule has 2 aromatic rings. The lowest BCUT2D eigenvalue weighted by atomic mass is 9.99. The molecule has 0 amide bonds. The second-order valence-corrected chi connectivity index (χ2v) is 3.90. The lowest BCUT2D eigenvalue weighted by Crippen LogP contribution is -2.28. The number of methoxy groups -OCH3 is 1. The van der Waals surface area contributed by atoms with Gasteiger partial charge in [-0.1, -0.05) is 36.4 Å². The predicted octanol–water partition coefficient (Wildman–Crippen LogP) is 2.39. The number of rotatable bonds is 4. The van der Waals surface area contributed by atoms with Crippen molar-refractivity contribution in [1.29, 1.82) is 0 Å². The first kappa shape index (κ1) is 12.5. The van der Waals surface area contributed by atoms with Crippen LogP contribution in [0.15, 0.2) is 48.5 Å². The first-order valence-electron chi connectivity index (χ1n) is 5.60. The summed E-state index contributed by atoms with van der Waals surface area (Å²) in [5, 5.41) is 0. The Labute approximate surface area is 105 Å². The molecule has 2 rings (SSSR count). The summed E-state index contributed by atoms with van der Waals surface area (Å²) in [4.78, 5) is 0. The van der Waals surface area contributed by atoms with Gasteiger partial charge in [-0.2, -0.15) is 0 Å². The monoisotopic (exact) mass is 246 g/mol. The summed E-state index contributed by atoms with van der Waals surface area (Å²) in [6.07, 6.45) is 0. The van der Waals surface area contributed by atoms with Gasteiger partial charge < -0.3 is 4.74 Å². The van der Waals surface area contributed by atoms with Crippen molar-refractivity contribution in [3.8, 4) is 5.75 Å². The Morgan fingerprint density at radius 3 is 2.39 bits per heavy atom. The summed E-state index contributed by atoms with van der Waals surface area (Å²) in [6, 6.07) is 14.2. The average molecular weight is 246 g/mol. The number of hydrogen-bond donors (Lipinski definition) is 2. The van der Waals surface area contributed by atoms with E-state index in [4.69, 9.17) is 10.6 Å². The molecule has 0 aliphatic heterocycles. The smallest absolute Gasteiger partial charge is 0.165 e. The van der Waals surface area contributed by atoms with Gasteiger partial charge in [0.15, 0.2) is 11.6 Å². The van der Waals surface area contributed by atoms with Crippen LogP contribution >= 0.6 is 0 Å². The molecular formula is C14H15FN2O. The summed E-state index contributed by atoms with van der Waals surface area (Å²) in [7, 11) is 1.44. The van der Waals surface area contributed by atoms with Crippen LogP contribution < -0.4 is 16.0 Å². The third kappa shape index (κ3) is 2.50. The van der Waals surface area contributed by atoms with Crippen LogP contribution in [0.25, 0.3) is 0 Å². The largest absolute Gasteiger partial charge is 0.494 e. The Bertz CT molecular complexity index is 516. The fourth-order valence-corrected chi connectivity index (χ4v) is 1.89. The molecule has 0 aliphatic carbocycles. The molecule has 94 valence electrons. The van der Waals surface area contributed by atoms with Crippen molar-refractivity contribution in [2.24, 2.45) is 5.84 Å². The molecule has 3 nitrogen and oxygen atoms in total. The normalized spacial score (nSPS) is 12.2. The van der Waals surface area contributed by atoms with E-state index in [0.717, 1.165) is 11.1 Å². The highest BCUT2D eigenvalue weighted by molar-refractivity contribution is 5.36. The van der Waals surface area contributed by atoms with E-state index in [9.17, 15) is 4.39 Å². The molecule has 0 aromatic heterocycles. The molecule has 0 spiro atoms. The number of hydrazine groups is 1. The van der Waals surface area contributed by atoms with Crippen LogP contribution in [0, 0.1) is 5.82 Å². The highest BCUT2D eigenvalue weighted by atomic mass is 19.1. The topological polar surface area (TPSA) is 47.3 Å². The van der Waals surface area contributed by atoms with Crippen molar-refractivity contribution >= 4 is 0 Å². The van der Waals surface area contributed by atoms with E-state index >= 15 is 0 Å². The molecule has 1 unspecified atom stereocenters. The van der Waals surface area contributed by atoms with E-state index in [1.54, 1.807) is 12.1 Å². The van der Waals surface area contributed by atoms with Gasteiger partial charge >= 0.3 is 0 Å². The summed E-state index contributed by atoms with van der Waals surface area (Å²) in [5.41, 5.74) is 4.42. The van der Waals surface area contributed by atoms with Gasteiger partial charge in [-0.25, -0.2) is 9.82 Å². The van der Waals surface area contributed by atoms with Crippen LogP contribution in [0.4, 0.5) is 4.39 Å². The number of nitrogens with one attached hydrogen (secondary N) is 1. The van der Waals surface area contributed by atoms with Gasteiger partial charge in [-0.15, -0.1) is 0 Å². The summed E-state index contributed by atoms with van der Waals surface area (Å²) >= 11 is 0. The van der Waals surface area contributed by atoms with E-state index in [2.05, 4.69) is 5.43 Å². The Kier molecular flexibility index (Phi) is 3.92. The first-order valence-corrected chi connectivity index (χ1v) is 5.60. The van der Waals surface area contributed by atoms with Crippen LogP contribution in [0.5, 0.6) is 5.75 Å². The maximum atomic E-state index is 13.7. The van der Waals surface area contributed by atoms with E-state index < -0.39 is 5.82 Å². The Morgan fingerprint density at radius 1 is 1.11 bits per heavy atom. The Morgan fingerprint density at radius 2 is 1.83 bits per heavy atom. The zero-order valence-corrected chi connectivity index (χ0v) is 10.1. The number of benzene rings is 2. The van der Waals surface area contributed by atoms with Gasteiger partial charge in [0.2, 0.25) is 0 Å². The van der Waals surface area contributed by atoms with E-state index in [1.807, 2.05) is 30.3 Å². The summed E-state index contributed by atoms with van der Waals surface area (Å²) in [5.74, 6) is 5.38. The van der Waals surface area contributed by atoms with Crippen molar-refractivity contribution < 1.29 is 9.13 Å². The third-order valence-corrected chi connectivity index (χ3v) is 2.81. The van der Waals surface area contributed by atoms with Crippen molar-refractivity contribution in [2.75, 3.05) is 7.11 Å². The molecule has 0 saturated heterocycles. The minimum absolute atomic E-state index is 0.225. The molecule has 0 aliphatic rings. The highest BCUT2D eigenvalue weighted by Crippen LogP contribution is 2.25. The van der Waals surface area contributed by atoms with Gasteiger partial charge in [0, 0.05) is 0 Å². The fraction of sp³-hybridized carbons (Fsp3) is 0.143. The van der Waals surface area contributed by atoms with Crippen LogP contribution in [0.3, 0.4) is 0 Å². The Balaban J connectivity index is 2.37. The second kappa shape index (κ2) is 5.62. The first-order chi connectivity index (χ1) is 8.76. The van der Waals surface area contributed by atoms with Crippen molar-refractivity contribution in [1.82, 2.24) is 5.43 Å². The van der Waals surface area contributed by atoms with Gasteiger partial charge in [0.05, 0.1) is 13.2 Å². The lowest BCUT2D eigenvalue weighted by Gasteiger charge is -2.17. The molecule has 0 heterocycles. The fourth-order valence-electron chi connectivity index (χ4n) is 1.89. The molecule has 0 fully saturated rings. The quantitative estimate of drug-likeness (QED) is 0.643. The minimum atomic E-state index is -0.397. The number of ether oxygens (including phenoxy) is 1. The van der Waals surface area contributed by atoms with Crippen molar-refractivity contribution in [2.45, 2.75) is 6.04 Å². The highest BCUT2D eigenvalue weighted by Gasteiger charge is 2.14. The van der Waals surface area contributed by atoms with E-state index in [1.165, 1.54) is 13.2 Å². The van der Waals surface area contributed by atoms with Crippen LogP contribution in [0.2, 0.25) is 0 Å². The van der Waals surface area contributed by atoms with E-state index in [0.29, 0.717) is 0 Å². The maximum Gasteiger partial charge on any atom is 0.165 e. The lowest BCUT2D eigenvalue weighted by molar-refractivity contribution is 0.385. The molecule has 2 aromatic carbocycles. The van der Waals surface area contributed by atoms with Crippen LogP contribution in [0.1, 0.15) is 17.2 Å². The van der Waals surface area contributed by atoms with Gasteiger partial charge in [0.1, 0.15) is 0 Å². The van der Waals surface area contributed by atoms with E-state index in [-0.39, 0.29) is 11.8 Å². The van der Waals surface area contributed by atoms with Crippen molar-refractivity contribution in [3.05, 3.63) is 65.5 Å². The molecular weight excluding hydrogens is 231 g/mol. The number of halogens is 1. The molecule has 0 saturated carbocycles. The zero-order chi connectivity index (χ0) is 13.0. The molecule has 0 radical (unpaired) electrons. The molecule has 18 heavy (non-hydrogen) atoms. The predicted molar refractivity (Wildman–Crippen MR) is 68.6 cm³/mol. The summed E-state index contributed by atoms with van der Waals surface area (Å²) < 4.78 is 18.6. The maximum absolute atomic E-state index is 13.7. The molecule has 0 bridgehead atoms. The van der Waals surface area contributed by atoms with Crippen LogP contribution in [-0.4, -0.2) is 7.11 Å². The third-order valence-electron chi connectivity index (χ3n) is 2.81. The SMILES string of the molecule is COc1ccc(C(NN)c2ccccc2)cc1F. The number of hydrogen-bond acceptors (Lipinski definition) is 3.